The van der Waals surface area contributed by atoms with E-state index in [0.29, 0.717) is 32.1 Å². The lowest BCUT2D eigenvalue weighted by Gasteiger charge is -2.33. The predicted molar refractivity (Wildman–Crippen MR) is 109 cm³/mol. The number of piperazine rings is 1. The number of carbonyl (C=O) groups is 1. The van der Waals surface area contributed by atoms with Gasteiger partial charge in [-0.05, 0) is 23.8 Å². The Morgan fingerprint density at radius 1 is 1.10 bits per heavy atom. The van der Waals surface area contributed by atoms with Crippen molar-refractivity contribution in [2.24, 2.45) is 0 Å². The molecule has 1 aliphatic heterocycles. The lowest BCUT2D eigenvalue weighted by atomic mass is 10.1. The fourth-order valence-electron chi connectivity index (χ4n) is 3.06. The van der Waals surface area contributed by atoms with Gasteiger partial charge >= 0.3 is 0 Å². The van der Waals surface area contributed by atoms with Crippen LogP contribution in [0.3, 0.4) is 0 Å². The molecule has 3 rings (SSSR count). The second kappa shape index (κ2) is 9.66. The summed E-state index contributed by atoms with van der Waals surface area (Å²) in [5.41, 5.74) is 0.838. The van der Waals surface area contributed by atoms with E-state index in [1.165, 1.54) is 4.31 Å². The molecular weight excluding hydrogens is 394 g/mol. The van der Waals surface area contributed by atoms with Crippen LogP contribution in [0.4, 0.5) is 5.95 Å². The van der Waals surface area contributed by atoms with Crippen LogP contribution >= 0.6 is 0 Å². The van der Waals surface area contributed by atoms with Gasteiger partial charge in [-0.1, -0.05) is 12.1 Å². The third-order valence-corrected chi connectivity index (χ3v) is 6.54. The first-order chi connectivity index (χ1) is 14.0. The van der Waals surface area contributed by atoms with E-state index in [4.69, 9.17) is 4.74 Å². The molecule has 9 nitrogen and oxygen atoms in total. The van der Waals surface area contributed by atoms with Gasteiger partial charge in [-0.2, -0.15) is 4.31 Å². The van der Waals surface area contributed by atoms with Gasteiger partial charge in [-0.3, -0.25) is 4.79 Å². The zero-order valence-corrected chi connectivity index (χ0v) is 17.1. The third-order valence-electron chi connectivity index (χ3n) is 4.67. The summed E-state index contributed by atoms with van der Waals surface area (Å²) in [5, 5.41) is 2.68. The minimum absolute atomic E-state index is 0.0827. The minimum atomic E-state index is -3.43. The Hall–Kier alpha value is -2.72. The van der Waals surface area contributed by atoms with Gasteiger partial charge in [0.25, 0.3) is 0 Å². The summed E-state index contributed by atoms with van der Waals surface area (Å²) in [4.78, 5) is 22.4. The lowest BCUT2D eigenvalue weighted by Crippen LogP contribution is -2.50. The number of aromatic nitrogens is 2. The molecule has 1 saturated heterocycles. The SMILES string of the molecule is COc1ccc(CC(=O)NCCS(=O)(=O)N2CCN(c3ncccn3)CC2)cc1. The smallest absolute Gasteiger partial charge is 0.225 e. The minimum Gasteiger partial charge on any atom is -0.497 e. The lowest BCUT2D eigenvalue weighted by molar-refractivity contribution is -0.120. The van der Waals surface area contributed by atoms with Crippen LogP contribution in [-0.2, 0) is 21.2 Å². The number of anilines is 1. The van der Waals surface area contributed by atoms with Crippen molar-refractivity contribution in [1.82, 2.24) is 19.6 Å². The fraction of sp³-hybridized carbons (Fsp3) is 0.421. The van der Waals surface area contributed by atoms with Gasteiger partial charge in [0.15, 0.2) is 0 Å². The maximum atomic E-state index is 12.6. The molecule has 0 aliphatic carbocycles. The molecule has 156 valence electrons. The molecule has 29 heavy (non-hydrogen) atoms. The second-order valence-electron chi connectivity index (χ2n) is 6.63. The van der Waals surface area contributed by atoms with Crippen LogP contribution in [0.5, 0.6) is 5.75 Å². The number of ether oxygens (including phenoxy) is 1. The van der Waals surface area contributed by atoms with E-state index in [9.17, 15) is 13.2 Å². The number of benzene rings is 1. The van der Waals surface area contributed by atoms with Crippen molar-refractivity contribution in [3.8, 4) is 5.75 Å². The molecule has 1 amide bonds. The Bertz CT molecular complexity index is 898. The van der Waals surface area contributed by atoms with Gasteiger partial charge in [-0.15, -0.1) is 0 Å². The molecule has 0 spiro atoms. The first-order valence-electron chi connectivity index (χ1n) is 9.37. The second-order valence-corrected chi connectivity index (χ2v) is 8.71. The highest BCUT2D eigenvalue weighted by Crippen LogP contribution is 2.13. The fourth-order valence-corrected chi connectivity index (χ4v) is 4.40. The molecule has 0 saturated carbocycles. The first kappa shape index (κ1) is 21.0. The molecule has 0 bridgehead atoms. The monoisotopic (exact) mass is 419 g/mol. The van der Waals surface area contributed by atoms with E-state index in [0.717, 1.165) is 11.3 Å². The summed E-state index contributed by atoms with van der Waals surface area (Å²) >= 11 is 0. The van der Waals surface area contributed by atoms with E-state index in [-0.39, 0.29) is 24.6 Å². The summed E-state index contributed by atoms with van der Waals surface area (Å²) in [7, 11) is -1.85. The van der Waals surface area contributed by atoms with Crippen molar-refractivity contribution in [3.05, 3.63) is 48.3 Å². The number of hydrogen-bond acceptors (Lipinski definition) is 7. The molecule has 1 aromatic carbocycles. The van der Waals surface area contributed by atoms with Crippen molar-refractivity contribution >= 4 is 21.9 Å². The third kappa shape index (κ3) is 5.88. The molecule has 2 heterocycles. The number of hydrogen-bond donors (Lipinski definition) is 1. The van der Waals surface area contributed by atoms with Gasteiger partial charge in [0.2, 0.25) is 21.9 Å². The summed E-state index contributed by atoms with van der Waals surface area (Å²) < 4.78 is 31.6. The number of nitrogens with zero attached hydrogens (tertiary/aromatic N) is 4. The number of methoxy groups -OCH3 is 1. The maximum Gasteiger partial charge on any atom is 0.225 e. The zero-order chi connectivity index (χ0) is 20.7. The molecule has 2 aromatic rings. The molecule has 1 fully saturated rings. The number of carbonyl (C=O) groups excluding carboxylic acids is 1. The van der Waals surface area contributed by atoms with Gasteiger partial charge in [0.05, 0.1) is 19.3 Å². The predicted octanol–water partition coefficient (Wildman–Crippen LogP) is 0.296. The maximum absolute atomic E-state index is 12.6. The van der Waals surface area contributed by atoms with E-state index in [1.54, 1.807) is 37.7 Å². The summed E-state index contributed by atoms with van der Waals surface area (Å²) in [5.74, 6) is 0.995. The molecule has 1 aromatic heterocycles. The summed E-state index contributed by atoms with van der Waals surface area (Å²) in [6.45, 7) is 1.90. The quantitative estimate of drug-likeness (QED) is 0.656. The van der Waals surface area contributed by atoms with Crippen molar-refractivity contribution in [2.75, 3.05) is 50.5 Å². The van der Waals surface area contributed by atoms with Crippen molar-refractivity contribution < 1.29 is 17.9 Å². The average Bonchev–Trinajstić information content (AvgIpc) is 2.75. The normalized spacial score (nSPS) is 15.1. The van der Waals surface area contributed by atoms with E-state index in [1.807, 2.05) is 17.0 Å². The standard InChI is InChI=1S/C19H25N5O4S/c1-28-17-5-3-16(4-6-17)15-18(25)20-9-14-29(26,27)24-12-10-23(11-13-24)19-21-7-2-8-22-19/h2-8H,9-15H2,1H3,(H,20,25). The average molecular weight is 420 g/mol. The molecule has 0 unspecified atom stereocenters. The van der Waals surface area contributed by atoms with Crippen LogP contribution in [0.15, 0.2) is 42.7 Å². The van der Waals surface area contributed by atoms with Crippen molar-refractivity contribution in [2.45, 2.75) is 6.42 Å². The van der Waals surface area contributed by atoms with Gasteiger partial charge in [0, 0.05) is 45.1 Å². The largest absolute Gasteiger partial charge is 0.497 e. The highest BCUT2D eigenvalue weighted by Gasteiger charge is 2.27. The first-order valence-corrected chi connectivity index (χ1v) is 11.0. The van der Waals surface area contributed by atoms with Gasteiger partial charge in [-0.25, -0.2) is 18.4 Å². The number of sulfonamides is 1. The Balaban J connectivity index is 1.42. The van der Waals surface area contributed by atoms with Crippen LogP contribution in [0, 0.1) is 0 Å². The van der Waals surface area contributed by atoms with E-state index < -0.39 is 10.0 Å². The molecule has 0 radical (unpaired) electrons. The van der Waals surface area contributed by atoms with Crippen LogP contribution in [-0.4, -0.2) is 74.2 Å². The summed E-state index contributed by atoms with van der Waals surface area (Å²) in [6.07, 6.45) is 3.53. The molecule has 1 aliphatic rings. The molecule has 1 N–H and O–H groups in total. The van der Waals surface area contributed by atoms with Crippen molar-refractivity contribution in [3.63, 3.8) is 0 Å². The molecular formula is C19H25N5O4S. The van der Waals surface area contributed by atoms with E-state index in [2.05, 4.69) is 15.3 Å². The van der Waals surface area contributed by atoms with Gasteiger partial charge in [0.1, 0.15) is 5.75 Å². The Morgan fingerprint density at radius 2 is 1.76 bits per heavy atom. The van der Waals surface area contributed by atoms with Crippen LogP contribution < -0.4 is 15.0 Å². The highest BCUT2D eigenvalue weighted by molar-refractivity contribution is 7.89. The molecule has 10 heteroatoms. The number of rotatable bonds is 8. The van der Waals surface area contributed by atoms with Crippen LogP contribution in [0.2, 0.25) is 0 Å². The van der Waals surface area contributed by atoms with Crippen LogP contribution in [0.25, 0.3) is 0 Å². The highest BCUT2D eigenvalue weighted by atomic mass is 32.2. The zero-order valence-electron chi connectivity index (χ0n) is 16.3. The Kier molecular flexibility index (Phi) is 6.99. The topological polar surface area (TPSA) is 105 Å². The van der Waals surface area contributed by atoms with Gasteiger partial charge < -0.3 is 15.0 Å². The van der Waals surface area contributed by atoms with E-state index >= 15 is 0 Å². The molecule has 0 atom stereocenters. The Labute approximate surface area is 170 Å². The van der Waals surface area contributed by atoms with Crippen LogP contribution in [0.1, 0.15) is 5.56 Å². The number of amides is 1. The van der Waals surface area contributed by atoms with Crippen molar-refractivity contribution in [1.29, 1.82) is 0 Å². The summed E-state index contributed by atoms with van der Waals surface area (Å²) in [6, 6.07) is 8.93. The Morgan fingerprint density at radius 3 is 2.38 bits per heavy atom. The number of nitrogens with one attached hydrogen (secondary N) is 1.